The highest BCUT2D eigenvalue weighted by Gasteiger charge is 2.50. The van der Waals surface area contributed by atoms with E-state index in [1.54, 1.807) is 19.2 Å². The Balaban J connectivity index is 2.06. The first kappa shape index (κ1) is 13.4. The molecule has 1 aliphatic carbocycles. The van der Waals surface area contributed by atoms with Gasteiger partial charge in [0.2, 0.25) is 0 Å². The van der Waals surface area contributed by atoms with E-state index in [-0.39, 0.29) is 11.7 Å². The summed E-state index contributed by atoms with van der Waals surface area (Å²) in [5.41, 5.74) is -0.862. The predicted molar refractivity (Wildman–Crippen MR) is 69.3 cm³/mol. The number of carboxylic acids is 1. The lowest BCUT2D eigenvalue weighted by Crippen LogP contribution is -2.54. The summed E-state index contributed by atoms with van der Waals surface area (Å²) in [5, 5.41) is 12.4. The second-order valence-electron chi connectivity index (χ2n) is 4.54. The molecule has 1 fully saturated rings. The number of benzene rings is 1. The highest BCUT2D eigenvalue weighted by atomic mass is 32.2. The maximum absolute atomic E-state index is 12.8. The summed E-state index contributed by atoms with van der Waals surface area (Å²) in [6.07, 6.45) is 1.91. The molecule has 2 N–H and O–H groups in total. The van der Waals surface area contributed by atoms with Crippen LogP contribution in [0.4, 0.5) is 4.39 Å². The van der Waals surface area contributed by atoms with Crippen LogP contribution >= 0.6 is 11.8 Å². The van der Waals surface area contributed by atoms with Crippen LogP contribution in [0.5, 0.6) is 0 Å². The normalized spacial score (nSPS) is 18.3. The van der Waals surface area contributed by atoms with E-state index in [1.807, 2.05) is 0 Å². The van der Waals surface area contributed by atoms with Crippen molar-refractivity contribution in [3.63, 3.8) is 0 Å². The summed E-state index contributed by atoms with van der Waals surface area (Å²) in [4.78, 5) is 12.4. The minimum Gasteiger partial charge on any atom is -0.480 e. The average Bonchev–Trinajstić information content (AvgIpc) is 3.17. The van der Waals surface area contributed by atoms with Crippen LogP contribution in [0.15, 0.2) is 29.2 Å². The molecule has 0 spiro atoms. The summed E-state index contributed by atoms with van der Waals surface area (Å²) in [6, 6.07) is 6.13. The molecule has 0 radical (unpaired) electrons. The van der Waals surface area contributed by atoms with E-state index in [1.165, 1.54) is 23.9 Å². The number of thioether (sulfide) groups is 1. The number of nitrogens with one attached hydrogen (secondary N) is 1. The molecule has 1 atom stereocenters. The van der Waals surface area contributed by atoms with Crippen molar-refractivity contribution in [2.45, 2.75) is 23.3 Å². The fraction of sp³-hybridized carbons (Fsp3) is 0.462. The van der Waals surface area contributed by atoms with E-state index in [4.69, 9.17) is 0 Å². The first-order valence-corrected chi connectivity index (χ1v) is 6.88. The van der Waals surface area contributed by atoms with Gasteiger partial charge in [-0.25, -0.2) is 4.39 Å². The highest BCUT2D eigenvalue weighted by molar-refractivity contribution is 7.99. The van der Waals surface area contributed by atoms with Crippen LogP contribution in [0, 0.1) is 11.7 Å². The fourth-order valence-electron chi connectivity index (χ4n) is 2.04. The molecule has 0 aromatic heterocycles. The molecule has 2 rings (SSSR count). The third-order valence-electron chi connectivity index (χ3n) is 3.38. The Bertz CT molecular complexity index is 433. The molecule has 0 heterocycles. The molecule has 0 bridgehead atoms. The van der Waals surface area contributed by atoms with Gasteiger partial charge in [0, 0.05) is 10.6 Å². The van der Waals surface area contributed by atoms with Crippen LogP contribution in [0.2, 0.25) is 0 Å². The van der Waals surface area contributed by atoms with E-state index in [0.29, 0.717) is 5.75 Å². The Kier molecular flexibility index (Phi) is 3.92. The van der Waals surface area contributed by atoms with Gasteiger partial charge in [-0.05, 0) is 50.1 Å². The van der Waals surface area contributed by atoms with Gasteiger partial charge in [-0.3, -0.25) is 4.79 Å². The minimum absolute atomic E-state index is 0.202. The molecule has 0 aliphatic heterocycles. The van der Waals surface area contributed by atoms with Gasteiger partial charge >= 0.3 is 5.97 Å². The molecule has 5 heteroatoms. The summed E-state index contributed by atoms with van der Waals surface area (Å²) in [6.45, 7) is 0. The van der Waals surface area contributed by atoms with Crippen LogP contribution < -0.4 is 5.32 Å². The van der Waals surface area contributed by atoms with Crippen LogP contribution in [0.1, 0.15) is 12.8 Å². The van der Waals surface area contributed by atoms with Crippen molar-refractivity contribution in [2.24, 2.45) is 5.92 Å². The van der Waals surface area contributed by atoms with Gasteiger partial charge in [0.1, 0.15) is 11.4 Å². The maximum Gasteiger partial charge on any atom is 0.325 e. The number of carbonyl (C=O) groups is 1. The molecule has 1 aromatic rings. The van der Waals surface area contributed by atoms with E-state index in [9.17, 15) is 14.3 Å². The topological polar surface area (TPSA) is 49.3 Å². The predicted octanol–water partition coefficient (Wildman–Crippen LogP) is 2.37. The second kappa shape index (κ2) is 5.28. The lowest BCUT2D eigenvalue weighted by atomic mass is 9.96. The van der Waals surface area contributed by atoms with Crippen molar-refractivity contribution in [2.75, 3.05) is 12.8 Å². The quantitative estimate of drug-likeness (QED) is 0.778. The Hall–Kier alpha value is -1.07. The first-order chi connectivity index (χ1) is 8.58. The number of aliphatic carboxylic acids is 1. The molecule has 0 saturated heterocycles. The van der Waals surface area contributed by atoms with Crippen molar-refractivity contribution >= 4 is 17.7 Å². The largest absolute Gasteiger partial charge is 0.480 e. The first-order valence-electron chi connectivity index (χ1n) is 5.89. The zero-order chi connectivity index (χ0) is 13.2. The van der Waals surface area contributed by atoms with Gasteiger partial charge in [0.15, 0.2) is 0 Å². The van der Waals surface area contributed by atoms with E-state index in [2.05, 4.69) is 5.32 Å². The number of hydrogen-bond donors (Lipinski definition) is 2. The van der Waals surface area contributed by atoms with E-state index >= 15 is 0 Å². The summed E-state index contributed by atoms with van der Waals surface area (Å²) in [7, 11) is 1.69. The Morgan fingerprint density at radius 3 is 2.56 bits per heavy atom. The minimum atomic E-state index is -0.862. The molecule has 0 amide bonds. The van der Waals surface area contributed by atoms with Crippen molar-refractivity contribution < 1.29 is 14.3 Å². The van der Waals surface area contributed by atoms with Crippen LogP contribution in [0.3, 0.4) is 0 Å². The molecule has 18 heavy (non-hydrogen) atoms. The van der Waals surface area contributed by atoms with Crippen molar-refractivity contribution in [3.8, 4) is 0 Å². The smallest absolute Gasteiger partial charge is 0.325 e. The SMILES string of the molecule is CNC(CSc1ccc(F)cc1)(C(=O)O)C1CC1. The van der Waals surface area contributed by atoms with Crippen molar-refractivity contribution in [1.82, 2.24) is 5.32 Å². The molecule has 1 aromatic carbocycles. The second-order valence-corrected chi connectivity index (χ2v) is 5.59. The molecule has 1 unspecified atom stereocenters. The van der Waals surface area contributed by atoms with Crippen LogP contribution in [-0.4, -0.2) is 29.4 Å². The lowest BCUT2D eigenvalue weighted by Gasteiger charge is -2.28. The number of likely N-dealkylation sites (N-methyl/N-ethyl adjacent to an activating group) is 1. The van der Waals surface area contributed by atoms with Gasteiger partial charge in [-0.2, -0.15) is 0 Å². The summed E-state index contributed by atoms with van der Waals surface area (Å²) < 4.78 is 12.8. The number of hydrogen-bond acceptors (Lipinski definition) is 3. The lowest BCUT2D eigenvalue weighted by molar-refractivity contribution is -0.144. The highest BCUT2D eigenvalue weighted by Crippen LogP contribution is 2.42. The van der Waals surface area contributed by atoms with Gasteiger partial charge in [-0.1, -0.05) is 0 Å². The monoisotopic (exact) mass is 269 g/mol. The van der Waals surface area contributed by atoms with Gasteiger partial charge < -0.3 is 10.4 Å². The van der Waals surface area contributed by atoms with Gasteiger partial charge in [0.05, 0.1) is 0 Å². The van der Waals surface area contributed by atoms with Gasteiger partial charge in [0.25, 0.3) is 0 Å². The fourth-order valence-corrected chi connectivity index (χ4v) is 3.27. The summed E-state index contributed by atoms with van der Waals surface area (Å²) in [5.74, 6) is -0.426. The van der Waals surface area contributed by atoms with Crippen LogP contribution in [-0.2, 0) is 4.79 Å². The zero-order valence-electron chi connectivity index (χ0n) is 10.1. The Labute approximate surface area is 110 Å². The molecular formula is C13H16FNO2S. The van der Waals surface area contributed by atoms with E-state index < -0.39 is 11.5 Å². The maximum atomic E-state index is 12.8. The Morgan fingerprint density at radius 1 is 1.50 bits per heavy atom. The average molecular weight is 269 g/mol. The standard InChI is InChI=1S/C13H16FNO2S/c1-15-13(12(16)17,9-2-3-9)8-18-11-6-4-10(14)5-7-11/h4-7,9,15H,2-3,8H2,1H3,(H,16,17). The summed E-state index contributed by atoms with van der Waals surface area (Å²) >= 11 is 1.45. The number of halogens is 1. The van der Waals surface area contributed by atoms with Crippen LogP contribution in [0.25, 0.3) is 0 Å². The molecular weight excluding hydrogens is 253 g/mol. The molecule has 1 saturated carbocycles. The van der Waals surface area contributed by atoms with Crippen molar-refractivity contribution in [1.29, 1.82) is 0 Å². The zero-order valence-corrected chi connectivity index (χ0v) is 11.0. The molecule has 98 valence electrons. The number of rotatable bonds is 6. The molecule has 3 nitrogen and oxygen atoms in total. The third kappa shape index (κ3) is 2.67. The Morgan fingerprint density at radius 2 is 2.11 bits per heavy atom. The number of carboxylic acid groups (broad SMARTS) is 1. The van der Waals surface area contributed by atoms with Crippen molar-refractivity contribution in [3.05, 3.63) is 30.1 Å². The van der Waals surface area contributed by atoms with E-state index in [0.717, 1.165) is 17.7 Å². The third-order valence-corrected chi connectivity index (χ3v) is 4.59. The molecule has 1 aliphatic rings. The van der Waals surface area contributed by atoms with Gasteiger partial charge in [-0.15, -0.1) is 11.8 Å².